The third-order valence-electron chi connectivity index (χ3n) is 4.40. The Labute approximate surface area is 153 Å². The normalized spacial score (nSPS) is 17.6. The van der Waals surface area contributed by atoms with E-state index in [1.165, 1.54) is 28.6 Å². The largest absolute Gasteiger partial charge is 0.353 e. The predicted octanol–water partition coefficient (Wildman–Crippen LogP) is 0.816. The van der Waals surface area contributed by atoms with Crippen molar-refractivity contribution in [3.05, 3.63) is 34.4 Å². The van der Waals surface area contributed by atoms with Gasteiger partial charge in [0, 0.05) is 38.3 Å². The first-order valence-corrected chi connectivity index (χ1v) is 9.95. The summed E-state index contributed by atoms with van der Waals surface area (Å²) in [5, 5.41) is 14.0. The van der Waals surface area contributed by atoms with Crippen LogP contribution in [0.5, 0.6) is 0 Å². The zero-order chi connectivity index (χ0) is 19.3. The Morgan fingerprint density at radius 3 is 2.46 bits per heavy atom. The molecule has 26 heavy (non-hydrogen) atoms. The molecular weight excluding hydrogens is 360 g/mol. The zero-order valence-electron chi connectivity index (χ0n) is 14.9. The number of rotatable bonds is 7. The lowest BCUT2D eigenvalue weighted by Gasteiger charge is -2.33. The highest BCUT2D eigenvalue weighted by atomic mass is 32.2. The number of nitrogens with zero attached hydrogens (tertiary/aromatic N) is 3. The van der Waals surface area contributed by atoms with Crippen molar-refractivity contribution < 1.29 is 18.1 Å². The summed E-state index contributed by atoms with van der Waals surface area (Å²) in [6.07, 6.45) is 0.841. The summed E-state index contributed by atoms with van der Waals surface area (Å²) in [5.41, 5.74) is -0.428. The van der Waals surface area contributed by atoms with E-state index in [0.29, 0.717) is 13.1 Å². The first-order valence-electron chi connectivity index (χ1n) is 8.51. The molecule has 1 amide bonds. The number of para-hydroxylation sites is 1. The fraction of sp³-hybridized carbons (Fsp3) is 0.562. The van der Waals surface area contributed by atoms with Crippen LogP contribution in [0.4, 0.5) is 5.69 Å². The average Bonchev–Trinajstić information content (AvgIpc) is 2.61. The number of piperazine rings is 1. The van der Waals surface area contributed by atoms with Crippen molar-refractivity contribution in [2.24, 2.45) is 0 Å². The molecule has 0 bridgehead atoms. The van der Waals surface area contributed by atoms with Crippen molar-refractivity contribution in [3.8, 4) is 0 Å². The van der Waals surface area contributed by atoms with Crippen LogP contribution < -0.4 is 5.32 Å². The highest BCUT2D eigenvalue weighted by molar-refractivity contribution is 7.89. The van der Waals surface area contributed by atoms with E-state index in [0.717, 1.165) is 6.42 Å². The van der Waals surface area contributed by atoms with Gasteiger partial charge in [0.25, 0.3) is 5.69 Å². The third-order valence-corrected chi connectivity index (χ3v) is 6.34. The van der Waals surface area contributed by atoms with Gasteiger partial charge in [-0.3, -0.25) is 19.8 Å². The summed E-state index contributed by atoms with van der Waals surface area (Å²) in [4.78, 5) is 23.9. The molecule has 0 aliphatic carbocycles. The summed E-state index contributed by atoms with van der Waals surface area (Å²) >= 11 is 0. The Bertz CT molecular complexity index is 760. The second-order valence-corrected chi connectivity index (χ2v) is 8.19. The number of benzene rings is 1. The van der Waals surface area contributed by atoms with Gasteiger partial charge in [-0.05, 0) is 19.4 Å². The van der Waals surface area contributed by atoms with Crippen LogP contribution in [0, 0.1) is 10.1 Å². The molecular formula is C16H24N4O5S. The van der Waals surface area contributed by atoms with E-state index in [9.17, 15) is 23.3 Å². The second-order valence-electron chi connectivity index (χ2n) is 6.28. The molecule has 10 heteroatoms. The molecule has 1 unspecified atom stereocenters. The standard InChI is InChI=1S/C16H24N4O5S/c1-3-13(2)17-16(21)12-18-8-10-19(11-9-18)26(24,25)15-7-5-4-6-14(15)20(22)23/h4-7,13H,3,8-12H2,1-2H3,(H,17,21). The molecule has 1 heterocycles. The van der Waals surface area contributed by atoms with E-state index in [2.05, 4.69) is 5.32 Å². The van der Waals surface area contributed by atoms with Crippen LogP contribution in [0.3, 0.4) is 0 Å². The fourth-order valence-corrected chi connectivity index (χ4v) is 4.30. The fourth-order valence-electron chi connectivity index (χ4n) is 2.72. The van der Waals surface area contributed by atoms with E-state index in [1.807, 2.05) is 18.7 Å². The van der Waals surface area contributed by atoms with Crippen molar-refractivity contribution in [2.75, 3.05) is 32.7 Å². The molecule has 0 aromatic heterocycles. The van der Waals surface area contributed by atoms with Crippen molar-refractivity contribution in [3.63, 3.8) is 0 Å². The summed E-state index contributed by atoms with van der Waals surface area (Å²) in [6.45, 7) is 5.29. The topological polar surface area (TPSA) is 113 Å². The minimum Gasteiger partial charge on any atom is -0.353 e. The van der Waals surface area contributed by atoms with Gasteiger partial charge in [0.15, 0.2) is 4.90 Å². The zero-order valence-corrected chi connectivity index (χ0v) is 15.7. The van der Waals surface area contributed by atoms with Gasteiger partial charge in [0.2, 0.25) is 15.9 Å². The first kappa shape index (κ1) is 20.3. The minimum atomic E-state index is -3.95. The van der Waals surface area contributed by atoms with Crippen LogP contribution in [0.15, 0.2) is 29.2 Å². The number of carbonyl (C=O) groups excluding carboxylic acids is 1. The molecule has 2 rings (SSSR count). The summed E-state index contributed by atoms with van der Waals surface area (Å²) in [5.74, 6) is -0.0886. The van der Waals surface area contributed by atoms with Crippen LogP contribution in [0.2, 0.25) is 0 Å². The molecule has 1 aliphatic rings. The maximum Gasteiger partial charge on any atom is 0.289 e. The van der Waals surface area contributed by atoms with Gasteiger partial charge in [-0.25, -0.2) is 8.42 Å². The molecule has 1 aliphatic heterocycles. The monoisotopic (exact) mass is 384 g/mol. The average molecular weight is 384 g/mol. The highest BCUT2D eigenvalue weighted by Crippen LogP contribution is 2.26. The Balaban J connectivity index is 2.01. The van der Waals surface area contributed by atoms with E-state index in [-0.39, 0.29) is 36.5 Å². The van der Waals surface area contributed by atoms with Gasteiger partial charge >= 0.3 is 0 Å². The van der Waals surface area contributed by atoms with E-state index in [1.54, 1.807) is 0 Å². The van der Waals surface area contributed by atoms with Crippen LogP contribution >= 0.6 is 0 Å². The van der Waals surface area contributed by atoms with E-state index < -0.39 is 20.6 Å². The van der Waals surface area contributed by atoms with Crippen molar-refractivity contribution in [1.29, 1.82) is 0 Å². The molecule has 0 spiro atoms. The van der Waals surface area contributed by atoms with Crippen molar-refractivity contribution in [2.45, 2.75) is 31.2 Å². The van der Waals surface area contributed by atoms with Crippen molar-refractivity contribution >= 4 is 21.6 Å². The van der Waals surface area contributed by atoms with Gasteiger partial charge < -0.3 is 5.32 Å². The Morgan fingerprint density at radius 2 is 1.88 bits per heavy atom. The molecule has 1 N–H and O–H groups in total. The van der Waals surface area contributed by atoms with Crippen LogP contribution in [0.1, 0.15) is 20.3 Å². The first-order chi connectivity index (χ1) is 12.3. The molecule has 0 radical (unpaired) electrons. The molecule has 1 saturated heterocycles. The lowest BCUT2D eigenvalue weighted by atomic mass is 10.2. The predicted molar refractivity (Wildman–Crippen MR) is 96.2 cm³/mol. The third kappa shape index (κ3) is 4.77. The molecule has 1 aromatic carbocycles. The van der Waals surface area contributed by atoms with Crippen LogP contribution in [-0.2, 0) is 14.8 Å². The Kier molecular flexibility index (Phi) is 6.68. The minimum absolute atomic E-state index is 0.0886. The maximum atomic E-state index is 12.7. The maximum absolute atomic E-state index is 12.7. The molecule has 1 fully saturated rings. The van der Waals surface area contributed by atoms with Crippen LogP contribution in [0.25, 0.3) is 0 Å². The van der Waals surface area contributed by atoms with Crippen LogP contribution in [-0.4, -0.2) is 67.2 Å². The molecule has 144 valence electrons. The Morgan fingerprint density at radius 1 is 1.27 bits per heavy atom. The number of nitro benzene ring substituents is 1. The highest BCUT2D eigenvalue weighted by Gasteiger charge is 2.33. The summed E-state index contributed by atoms with van der Waals surface area (Å²) in [6, 6.07) is 5.44. The van der Waals surface area contributed by atoms with Crippen molar-refractivity contribution in [1.82, 2.24) is 14.5 Å². The molecule has 1 atom stereocenters. The molecule has 0 saturated carbocycles. The van der Waals surface area contributed by atoms with Gasteiger partial charge in [-0.2, -0.15) is 4.31 Å². The van der Waals surface area contributed by atoms with Gasteiger partial charge in [0.05, 0.1) is 11.5 Å². The molecule has 9 nitrogen and oxygen atoms in total. The number of hydrogen-bond acceptors (Lipinski definition) is 6. The lowest BCUT2D eigenvalue weighted by molar-refractivity contribution is -0.387. The lowest BCUT2D eigenvalue weighted by Crippen LogP contribution is -2.51. The summed E-state index contributed by atoms with van der Waals surface area (Å²) < 4.78 is 26.7. The SMILES string of the molecule is CCC(C)NC(=O)CN1CCN(S(=O)(=O)c2ccccc2[N+](=O)[O-])CC1. The smallest absolute Gasteiger partial charge is 0.289 e. The number of hydrogen-bond donors (Lipinski definition) is 1. The van der Waals surface area contributed by atoms with E-state index >= 15 is 0 Å². The second kappa shape index (κ2) is 8.56. The number of sulfonamides is 1. The number of nitro groups is 1. The quantitative estimate of drug-likeness (QED) is 0.550. The Hall–Kier alpha value is -2.04. The number of amides is 1. The van der Waals surface area contributed by atoms with E-state index in [4.69, 9.17) is 0 Å². The summed E-state index contributed by atoms with van der Waals surface area (Å²) in [7, 11) is -3.95. The number of nitrogens with one attached hydrogen (secondary N) is 1. The van der Waals surface area contributed by atoms with Gasteiger partial charge in [-0.15, -0.1) is 0 Å². The van der Waals surface area contributed by atoms with Gasteiger partial charge in [-0.1, -0.05) is 19.1 Å². The molecule has 1 aromatic rings. The van der Waals surface area contributed by atoms with Gasteiger partial charge in [0.1, 0.15) is 0 Å². The number of carbonyl (C=O) groups is 1.